The number of unbranched alkanes of at least 4 members (excludes halogenated alkanes) is 1. The molecule has 0 unspecified atom stereocenters. The van der Waals surface area contributed by atoms with Crippen LogP contribution in [0.3, 0.4) is 0 Å². The number of rotatable bonds is 4. The van der Waals surface area contributed by atoms with Crippen LogP contribution in [0.25, 0.3) is 0 Å². The second-order valence-electron chi connectivity index (χ2n) is 5.92. The summed E-state index contributed by atoms with van der Waals surface area (Å²) >= 11 is 3.12. The van der Waals surface area contributed by atoms with Gasteiger partial charge in [0.15, 0.2) is 5.82 Å². The number of pyridine rings is 1. The van der Waals surface area contributed by atoms with E-state index in [1.165, 1.54) is 6.07 Å². The summed E-state index contributed by atoms with van der Waals surface area (Å²) in [4.78, 5) is 20.3. The standard InChI is InChI=1S/C16H23BrFN3O2/c1-4-5-8-23-16(22)21-11(2)9-20(10-12(21)3)14-7-6-13(18)15(17)19-14/h6-7,11-12H,4-5,8-10H2,1-3H3/t11-,12+. The van der Waals surface area contributed by atoms with Crippen molar-refractivity contribution in [3.8, 4) is 0 Å². The van der Waals surface area contributed by atoms with Crippen molar-refractivity contribution in [3.63, 3.8) is 0 Å². The lowest BCUT2D eigenvalue weighted by Crippen LogP contribution is -2.59. The summed E-state index contributed by atoms with van der Waals surface area (Å²) in [7, 11) is 0. The molecule has 1 aliphatic heterocycles. The highest BCUT2D eigenvalue weighted by Gasteiger charge is 2.34. The number of aromatic nitrogens is 1. The fourth-order valence-electron chi connectivity index (χ4n) is 2.83. The van der Waals surface area contributed by atoms with Gasteiger partial charge in [-0.25, -0.2) is 14.2 Å². The molecule has 0 N–H and O–H groups in total. The second kappa shape index (κ2) is 7.95. The van der Waals surface area contributed by atoms with Gasteiger partial charge in [0.2, 0.25) is 0 Å². The first-order valence-corrected chi connectivity index (χ1v) is 8.75. The molecule has 1 saturated heterocycles. The highest BCUT2D eigenvalue weighted by Crippen LogP contribution is 2.24. The van der Waals surface area contributed by atoms with Crippen LogP contribution in [0.5, 0.6) is 0 Å². The fourth-order valence-corrected chi connectivity index (χ4v) is 3.15. The minimum atomic E-state index is -0.381. The van der Waals surface area contributed by atoms with Gasteiger partial charge in [0.25, 0.3) is 0 Å². The van der Waals surface area contributed by atoms with E-state index in [1.807, 2.05) is 13.8 Å². The molecule has 128 valence electrons. The molecular formula is C16H23BrFN3O2. The van der Waals surface area contributed by atoms with E-state index in [2.05, 4.69) is 32.7 Å². The van der Waals surface area contributed by atoms with Gasteiger partial charge in [0.05, 0.1) is 18.7 Å². The zero-order valence-electron chi connectivity index (χ0n) is 13.8. The maximum absolute atomic E-state index is 13.3. The molecule has 0 aromatic carbocycles. The average molecular weight is 388 g/mol. The van der Waals surface area contributed by atoms with Crippen LogP contribution in [-0.4, -0.2) is 47.8 Å². The number of carbonyl (C=O) groups excluding carboxylic acids is 1. The van der Waals surface area contributed by atoms with Gasteiger partial charge in [0.1, 0.15) is 10.4 Å². The lowest BCUT2D eigenvalue weighted by atomic mass is 10.1. The first-order valence-electron chi connectivity index (χ1n) is 7.96. The molecule has 0 aliphatic carbocycles. The van der Waals surface area contributed by atoms with E-state index in [1.54, 1.807) is 11.0 Å². The van der Waals surface area contributed by atoms with E-state index in [4.69, 9.17) is 4.74 Å². The Bertz CT molecular complexity index is 546. The number of anilines is 1. The third-order valence-corrected chi connectivity index (χ3v) is 4.52. The fraction of sp³-hybridized carbons (Fsp3) is 0.625. The van der Waals surface area contributed by atoms with Crippen molar-refractivity contribution in [2.75, 3.05) is 24.6 Å². The number of hydrogen-bond acceptors (Lipinski definition) is 4. The molecule has 1 aliphatic rings. The minimum Gasteiger partial charge on any atom is -0.449 e. The molecule has 0 bridgehead atoms. The zero-order chi connectivity index (χ0) is 17.0. The van der Waals surface area contributed by atoms with E-state index in [0.717, 1.165) is 12.8 Å². The first kappa shape index (κ1) is 18.0. The van der Waals surface area contributed by atoms with Crippen LogP contribution >= 0.6 is 15.9 Å². The Morgan fingerprint density at radius 2 is 2.04 bits per heavy atom. The molecule has 0 spiro atoms. The van der Waals surface area contributed by atoms with Gasteiger partial charge in [-0.3, -0.25) is 4.90 Å². The maximum Gasteiger partial charge on any atom is 0.410 e. The van der Waals surface area contributed by atoms with Crippen molar-refractivity contribution in [1.82, 2.24) is 9.88 Å². The third-order valence-electron chi connectivity index (χ3n) is 3.97. The number of halogens is 2. The summed E-state index contributed by atoms with van der Waals surface area (Å²) < 4.78 is 18.9. The van der Waals surface area contributed by atoms with Crippen LogP contribution < -0.4 is 4.90 Å². The summed E-state index contributed by atoms with van der Waals surface area (Å²) in [5.41, 5.74) is 0. The summed E-state index contributed by atoms with van der Waals surface area (Å²) in [6, 6.07) is 3.05. The molecule has 1 aromatic rings. The lowest BCUT2D eigenvalue weighted by molar-refractivity contribution is 0.0653. The molecule has 1 fully saturated rings. The number of hydrogen-bond donors (Lipinski definition) is 0. The van der Waals surface area contributed by atoms with Crippen LogP contribution in [-0.2, 0) is 4.74 Å². The van der Waals surface area contributed by atoms with Gasteiger partial charge >= 0.3 is 6.09 Å². The van der Waals surface area contributed by atoms with Crippen molar-refractivity contribution < 1.29 is 13.9 Å². The second-order valence-corrected chi connectivity index (χ2v) is 6.67. The van der Waals surface area contributed by atoms with Crippen molar-refractivity contribution in [1.29, 1.82) is 0 Å². The number of nitrogens with zero attached hydrogens (tertiary/aromatic N) is 3. The van der Waals surface area contributed by atoms with Crippen LogP contribution in [0, 0.1) is 5.82 Å². The van der Waals surface area contributed by atoms with Gasteiger partial charge < -0.3 is 9.64 Å². The van der Waals surface area contributed by atoms with Crippen molar-refractivity contribution in [3.05, 3.63) is 22.6 Å². The smallest absolute Gasteiger partial charge is 0.410 e. The average Bonchev–Trinajstić information content (AvgIpc) is 2.49. The van der Waals surface area contributed by atoms with E-state index < -0.39 is 0 Å². The van der Waals surface area contributed by atoms with Crippen molar-refractivity contribution in [2.45, 2.75) is 45.7 Å². The highest BCUT2D eigenvalue weighted by atomic mass is 79.9. The van der Waals surface area contributed by atoms with Gasteiger partial charge in [-0.2, -0.15) is 0 Å². The largest absolute Gasteiger partial charge is 0.449 e. The maximum atomic E-state index is 13.3. The summed E-state index contributed by atoms with van der Waals surface area (Å²) in [6.45, 7) is 7.77. The molecule has 5 nitrogen and oxygen atoms in total. The Balaban J connectivity index is 2.03. The Morgan fingerprint density at radius 3 is 2.61 bits per heavy atom. The van der Waals surface area contributed by atoms with Crippen molar-refractivity contribution >= 4 is 27.8 Å². The Kier molecular flexibility index (Phi) is 6.21. The Labute approximate surface area is 144 Å². The van der Waals surface area contributed by atoms with Crippen molar-refractivity contribution in [2.24, 2.45) is 0 Å². The van der Waals surface area contributed by atoms with E-state index in [-0.39, 0.29) is 28.6 Å². The molecule has 1 amide bonds. The molecule has 2 rings (SSSR count). The molecule has 0 saturated carbocycles. The predicted octanol–water partition coefficient (Wildman–Crippen LogP) is 3.82. The summed E-state index contributed by atoms with van der Waals surface area (Å²) in [5, 5.41) is 0. The monoisotopic (exact) mass is 387 g/mol. The SMILES string of the molecule is CCCCOC(=O)N1[C@H](C)CN(c2ccc(F)c(Br)n2)C[C@@H]1C. The first-order chi connectivity index (χ1) is 10.9. The quantitative estimate of drug-likeness (QED) is 0.581. The topological polar surface area (TPSA) is 45.7 Å². The predicted molar refractivity (Wildman–Crippen MR) is 91.1 cm³/mol. The minimum absolute atomic E-state index is 0.00138. The highest BCUT2D eigenvalue weighted by molar-refractivity contribution is 9.10. The van der Waals surface area contributed by atoms with E-state index in [9.17, 15) is 9.18 Å². The summed E-state index contributed by atoms with van der Waals surface area (Å²) in [6.07, 6.45) is 1.62. The van der Waals surface area contributed by atoms with Gasteiger partial charge in [-0.15, -0.1) is 0 Å². The number of carbonyl (C=O) groups is 1. The van der Waals surface area contributed by atoms with Crippen LogP contribution in [0.2, 0.25) is 0 Å². The molecule has 2 heterocycles. The van der Waals surface area contributed by atoms with E-state index >= 15 is 0 Å². The molecule has 2 atom stereocenters. The van der Waals surface area contributed by atoms with E-state index in [0.29, 0.717) is 25.5 Å². The molecule has 23 heavy (non-hydrogen) atoms. The van der Waals surface area contributed by atoms with Crippen LogP contribution in [0.4, 0.5) is 15.0 Å². The van der Waals surface area contributed by atoms with Gasteiger partial charge in [-0.1, -0.05) is 13.3 Å². The zero-order valence-corrected chi connectivity index (χ0v) is 15.3. The third kappa shape index (κ3) is 4.34. The van der Waals surface area contributed by atoms with Gasteiger partial charge in [-0.05, 0) is 48.3 Å². The Morgan fingerprint density at radius 1 is 1.39 bits per heavy atom. The summed E-state index contributed by atoms with van der Waals surface area (Å²) in [5.74, 6) is 0.323. The lowest BCUT2D eigenvalue weighted by Gasteiger charge is -2.44. The Hall–Kier alpha value is -1.37. The molecule has 7 heteroatoms. The van der Waals surface area contributed by atoms with Crippen LogP contribution in [0.15, 0.2) is 16.7 Å². The number of amides is 1. The van der Waals surface area contributed by atoms with Gasteiger partial charge in [0, 0.05) is 13.1 Å². The molecule has 1 aromatic heterocycles. The van der Waals surface area contributed by atoms with Crippen LogP contribution in [0.1, 0.15) is 33.6 Å². The number of ether oxygens (including phenoxy) is 1. The molecular weight excluding hydrogens is 365 g/mol. The normalized spacial score (nSPS) is 21.4. The molecule has 0 radical (unpaired) electrons. The number of piperazine rings is 1.